The fourth-order valence-electron chi connectivity index (χ4n) is 8.39. The van der Waals surface area contributed by atoms with E-state index in [1.807, 2.05) is 41.2 Å². The van der Waals surface area contributed by atoms with Crippen LogP contribution in [0.15, 0.2) is 137 Å². The molecule has 52 heavy (non-hydrogen) atoms. The summed E-state index contributed by atoms with van der Waals surface area (Å²) >= 11 is 1.75. The minimum atomic E-state index is -0.774. The van der Waals surface area contributed by atoms with Gasteiger partial charge in [0.1, 0.15) is 11.6 Å². The summed E-state index contributed by atoms with van der Waals surface area (Å²) in [6.07, 6.45) is 7.43. The third-order valence-corrected chi connectivity index (χ3v) is 11.7. The number of halogens is 2. The van der Waals surface area contributed by atoms with Gasteiger partial charge in [-0.2, -0.15) is 17.2 Å². The quantitative estimate of drug-likeness (QED) is 0.156. The second kappa shape index (κ2) is 13.0. The Morgan fingerprint density at radius 1 is 0.731 bits per heavy atom. The number of aromatic nitrogens is 3. The molecule has 4 nitrogen and oxygen atoms in total. The van der Waals surface area contributed by atoms with Gasteiger partial charge in [0.15, 0.2) is 0 Å². The maximum Gasteiger partial charge on any atom is 2.00 e. The standard InChI is InChI=1S/C44H29F2N3OS.Pt/c45-32-19-29(20-33(46)24-32)30-21-34(49-26-37-27-15-16-28(18-27)43(37)48-49)25-36(22-30)50-35-9-7-8-31(23-35)44(42-14-5-6-17-47-42)38-10-1-3-12-40(38)51-41-13-4-2-11-39(41)44;/h1-14,17,19-22,24,26-28H,15-16,18H2;/q-2;+2/t27-,28+;/m0./s1. The SMILES string of the molecule is Fc1cc(F)cc(-c2cc(Oc3[c-]c(C4(c5ccccn5)c5ccccc5Sc5ccccc54)ccc3)[c-]c(-n3cc4c(n3)[C@@H]3CC[C@H]4C3)c2)c1.[Pt+2]. The molecule has 256 valence electrons. The predicted octanol–water partition coefficient (Wildman–Crippen LogP) is 10.8. The van der Waals surface area contributed by atoms with Crippen LogP contribution in [0.2, 0.25) is 0 Å². The van der Waals surface area contributed by atoms with Crippen LogP contribution in [0.5, 0.6) is 11.5 Å². The number of fused-ring (bicyclic) bond motifs is 7. The van der Waals surface area contributed by atoms with Gasteiger partial charge in [0.05, 0.1) is 16.8 Å². The van der Waals surface area contributed by atoms with E-state index in [1.165, 1.54) is 30.5 Å². The zero-order chi connectivity index (χ0) is 34.1. The van der Waals surface area contributed by atoms with Crippen molar-refractivity contribution in [2.75, 3.05) is 0 Å². The van der Waals surface area contributed by atoms with Crippen LogP contribution in [0.4, 0.5) is 8.78 Å². The van der Waals surface area contributed by atoms with Crippen molar-refractivity contribution < 1.29 is 34.6 Å². The molecule has 0 unspecified atom stereocenters. The summed E-state index contributed by atoms with van der Waals surface area (Å²) in [7, 11) is 0. The van der Waals surface area contributed by atoms with Gasteiger partial charge in [-0.15, -0.1) is 41.5 Å². The van der Waals surface area contributed by atoms with Gasteiger partial charge in [-0.3, -0.25) is 9.67 Å². The van der Waals surface area contributed by atoms with Crippen LogP contribution >= 0.6 is 11.8 Å². The van der Waals surface area contributed by atoms with Crippen molar-refractivity contribution in [1.29, 1.82) is 0 Å². The molecule has 0 spiro atoms. The zero-order valence-corrected chi connectivity index (χ0v) is 30.7. The van der Waals surface area contributed by atoms with Crippen molar-refractivity contribution in [3.8, 4) is 28.3 Å². The van der Waals surface area contributed by atoms with Crippen LogP contribution in [0, 0.1) is 23.8 Å². The minimum absolute atomic E-state index is 0. The molecule has 3 heterocycles. The molecule has 1 saturated carbocycles. The summed E-state index contributed by atoms with van der Waals surface area (Å²) < 4.78 is 37.4. The Morgan fingerprint density at radius 3 is 2.17 bits per heavy atom. The maximum atomic E-state index is 14.5. The number of benzene rings is 5. The van der Waals surface area contributed by atoms with Crippen molar-refractivity contribution in [1.82, 2.24) is 14.8 Å². The van der Waals surface area contributed by atoms with Gasteiger partial charge in [-0.1, -0.05) is 54.2 Å². The normalized spacial score (nSPS) is 17.5. The molecule has 10 rings (SSSR count). The van der Waals surface area contributed by atoms with E-state index >= 15 is 0 Å². The second-order valence-corrected chi connectivity index (χ2v) is 14.6. The van der Waals surface area contributed by atoms with Gasteiger partial charge >= 0.3 is 21.1 Å². The molecule has 3 aliphatic rings. The Bertz CT molecular complexity index is 2390. The molecule has 2 bridgehead atoms. The van der Waals surface area contributed by atoms with Gasteiger partial charge in [-0.25, -0.2) is 8.78 Å². The van der Waals surface area contributed by atoms with Crippen LogP contribution < -0.4 is 4.74 Å². The van der Waals surface area contributed by atoms with E-state index in [0.29, 0.717) is 40.1 Å². The zero-order valence-electron chi connectivity index (χ0n) is 27.6. The van der Waals surface area contributed by atoms with E-state index in [2.05, 4.69) is 79.0 Å². The molecule has 0 amide bonds. The Balaban J connectivity index is 0.00000360. The first-order valence-electron chi connectivity index (χ1n) is 17.2. The van der Waals surface area contributed by atoms with E-state index in [4.69, 9.17) is 14.8 Å². The fraction of sp³-hybridized carbons (Fsp3) is 0.136. The molecular weight excluding hydrogens is 852 g/mol. The van der Waals surface area contributed by atoms with E-state index in [-0.39, 0.29) is 21.1 Å². The Hall–Kier alpha value is -4.84. The van der Waals surface area contributed by atoms with Gasteiger partial charge in [0.2, 0.25) is 0 Å². The average Bonchev–Trinajstić information content (AvgIpc) is 3.89. The molecule has 7 aromatic rings. The Labute approximate surface area is 319 Å². The Morgan fingerprint density at radius 2 is 1.44 bits per heavy atom. The monoisotopic (exact) mass is 880 g/mol. The van der Waals surface area contributed by atoms with Crippen molar-refractivity contribution in [2.24, 2.45) is 0 Å². The smallest absolute Gasteiger partial charge is 0.509 e. The molecule has 1 fully saturated rings. The van der Waals surface area contributed by atoms with E-state index in [1.54, 1.807) is 17.8 Å². The number of rotatable bonds is 6. The molecular formula is C44H29F2N3OPtS. The molecule has 0 radical (unpaired) electrons. The van der Waals surface area contributed by atoms with Gasteiger partial charge < -0.3 is 4.74 Å². The molecule has 0 N–H and O–H groups in total. The Kier molecular flexibility index (Phi) is 8.24. The van der Waals surface area contributed by atoms with E-state index in [0.717, 1.165) is 50.4 Å². The number of nitrogens with zero attached hydrogens (tertiary/aromatic N) is 3. The van der Waals surface area contributed by atoms with Gasteiger partial charge in [0.25, 0.3) is 0 Å². The number of hydrogen-bond acceptors (Lipinski definition) is 4. The fourth-order valence-corrected chi connectivity index (χ4v) is 9.58. The third kappa shape index (κ3) is 5.36. The molecule has 5 aromatic carbocycles. The first-order chi connectivity index (χ1) is 25.0. The predicted molar refractivity (Wildman–Crippen MR) is 193 cm³/mol. The van der Waals surface area contributed by atoms with Gasteiger partial charge in [-0.05, 0) is 89.5 Å². The maximum absolute atomic E-state index is 14.5. The summed E-state index contributed by atoms with van der Waals surface area (Å²) in [6, 6.07) is 43.1. The van der Waals surface area contributed by atoms with Crippen molar-refractivity contribution in [3.63, 3.8) is 0 Å². The summed E-state index contributed by atoms with van der Waals surface area (Å²) in [5.41, 5.74) is 7.27. The van der Waals surface area contributed by atoms with E-state index in [9.17, 15) is 8.78 Å². The molecule has 2 aliphatic carbocycles. The number of pyridine rings is 1. The van der Waals surface area contributed by atoms with Crippen molar-refractivity contribution in [2.45, 2.75) is 46.3 Å². The first kappa shape index (κ1) is 33.0. The molecule has 2 aromatic heterocycles. The summed E-state index contributed by atoms with van der Waals surface area (Å²) in [6.45, 7) is 0. The van der Waals surface area contributed by atoms with Crippen molar-refractivity contribution >= 4 is 11.8 Å². The minimum Gasteiger partial charge on any atom is -0.509 e. The summed E-state index contributed by atoms with van der Waals surface area (Å²) in [4.78, 5) is 7.25. The van der Waals surface area contributed by atoms with Crippen molar-refractivity contribution in [3.05, 3.63) is 185 Å². The topological polar surface area (TPSA) is 39.9 Å². The van der Waals surface area contributed by atoms with E-state index < -0.39 is 17.0 Å². The van der Waals surface area contributed by atoms with Crippen LogP contribution in [-0.4, -0.2) is 14.8 Å². The summed E-state index contributed by atoms with van der Waals surface area (Å²) in [5, 5.41) is 4.99. The largest absolute Gasteiger partial charge is 2.00 e. The average molecular weight is 881 g/mol. The van der Waals surface area contributed by atoms with Crippen LogP contribution in [0.1, 0.15) is 64.7 Å². The molecule has 2 atom stereocenters. The second-order valence-electron chi connectivity index (χ2n) is 13.5. The number of ether oxygens (including phenoxy) is 1. The van der Waals surface area contributed by atoms with Crippen LogP contribution in [-0.2, 0) is 26.5 Å². The molecule has 8 heteroatoms. The third-order valence-electron chi connectivity index (χ3n) is 10.5. The van der Waals surface area contributed by atoms with Gasteiger partial charge in [0, 0.05) is 45.7 Å². The van der Waals surface area contributed by atoms with Crippen LogP contribution in [0.3, 0.4) is 0 Å². The molecule has 0 saturated heterocycles. The summed E-state index contributed by atoms with van der Waals surface area (Å²) in [5.74, 6) is 0.576. The molecule has 1 aliphatic heterocycles. The number of hydrogen-bond donors (Lipinski definition) is 0. The van der Waals surface area contributed by atoms with Crippen LogP contribution in [0.25, 0.3) is 16.8 Å². The first-order valence-corrected chi connectivity index (χ1v) is 18.0.